The van der Waals surface area contributed by atoms with Gasteiger partial charge in [-0.05, 0) is 161 Å². The Hall–Kier alpha value is 0. The molecule has 0 aromatic heterocycles. The number of hydrogen-bond acceptors (Lipinski definition) is 0. The number of hydrogen-bond donors (Lipinski definition) is 0. The Balaban J connectivity index is 0.00000123. The second kappa shape index (κ2) is 13.1. The molecule has 0 radical (unpaired) electrons. The maximum Gasteiger partial charge on any atom is -0.0321 e. The maximum atomic E-state index is 2.72. The van der Waals surface area contributed by atoms with Gasteiger partial charge in [0.05, 0.1) is 0 Å². The van der Waals surface area contributed by atoms with E-state index >= 15 is 0 Å². The Labute approximate surface area is 277 Å². The van der Waals surface area contributed by atoms with Gasteiger partial charge in [-0.1, -0.05) is 117 Å². The molecule has 6 fully saturated rings. The molecule has 0 nitrogen and oxygen atoms in total. The Morgan fingerprint density at radius 3 is 0.818 bits per heavy atom. The standard InChI is InChI=1S/C41H72.C3H8/c1-18-20(3)28(11)38-34(26(18)9)16-36-32(24(7)22(5)30(13)40(36)38)15-33-25(8)23(6)31(14)41-37(33)17-35-27(10)19(2)21(4)29(12)39(35)41;1-3-2/h18-41H,15-17H2,1-14H3;3H2,1-2H3. The smallest absolute Gasteiger partial charge is 0.0321 e. The van der Waals surface area contributed by atoms with Gasteiger partial charge < -0.3 is 0 Å². The van der Waals surface area contributed by atoms with Crippen LogP contribution in [-0.2, 0) is 0 Å². The van der Waals surface area contributed by atoms with Crippen LogP contribution in [0, 0.1) is 142 Å². The van der Waals surface area contributed by atoms with Gasteiger partial charge >= 0.3 is 0 Å². The van der Waals surface area contributed by atoms with Crippen LogP contribution in [0.25, 0.3) is 0 Å². The van der Waals surface area contributed by atoms with E-state index in [2.05, 4.69) is 111 Å². The van der Waals surface area contributed by atoms with Crippen molar-refractivity contribution in [3.05, 3.63) is 0 Å². The zero-order valence-corrected chi connectivity index (χ0v) is 32.7. The molecule has 0 aromatic rings. The summed E-state index contributed by atoms with van der Waals surface area (Å²) in [6, 6.07) is 0. The summed E-state index contributed by atoms with van der Waals surface area (Å²) in [7, 11) is 0. The first-order valence-corrected chi connectivity index (χ1v) is 20.6. The molecular formula is C44H80. The van der Waals surface area contributed by atoms with Crippen molar-refractivity contribution in [2.75, 3.05) is 0 Å². The lowest BCUT2D eigenvalue weighted by Crippen LogP contribution is -2.50. The van der Waals surface area contributed by atoms with Crippen LogP contribution in [0.1, 0.15) is 136 Å². The minimum atomic E-state index is 0.885. The maximum absolute atomic E-state index is 2.72. The first kappa shape index (κ1) is 35.3. The Bertz CT molecular complexity index is 876. The predicted octanol–water partition coefficient (Wildman–Crippen LogP) is 12.7. The van der Waals surface area contributed by atoms with E-state index in [1.165, 1.54) is 6.42 Å². The lowest BCUT2D eigenvalue weighted by molar-refractivity contribution is -0.0723. The third kappa shape index (κ3) is 5.25. The minimum absolute atomic E-state index is 0.885. The summed E-state index contributed by atoms with van der Waals surface area (Å²) in [5.41, 5.74) is 0. The molecule has 0 spiro atoms. The van der Waals surface area contributed by atoms with E-state index in [0.717, 1.165) is 142 Å². The highest BCUT2D eigenvalue weighted by molar-refractivity contribution is 5.10. The first-order chi connectivity index (χ1) is 20.6. The van der Waals surface area contributed by atoms with Gasteiger partial charge in [-0.3, -0.25) is 0 Å². The van der Waals surface area contributed by atoms with Crippen molar-refractivity contribution in [3.63, 3.8) is 0 Å². The van der Waals surface area contributed by atoms with E-state index in [1.807, 2.05) is 0 Å². The Kier molecular flexibility index (Phi) is 10.5. The van der Waals surface area contributed by atoms with Gasteiger partial charge in [-0.15, -0.1) is 0 Å². The van der Waals surface area contributed by atoms with E-state index < -0.39 is 0 Å². The van der Waals surface area contributed by atoms with Gasteiger partial charge in [-0.2, -0.15) is 0 Å². The lowest BCUT2D eigenvalue weighted by atomic mass is 9.50. The molecule has 0 N–H and O–H groups in total. The normalized spacial score (nSPS) is 61.6. The molecule has 0 amide bonds. The van der Waals surface area contributed by atoms with Crippen LogP contribution in [0.15, 0.2) is 0 Å². The summed E-state index contributed by atoms with van der Waals surface area (Å²) >= 11 is 0. The highest BCUT2D eigenvalue weighted by atomic mass is 14.7. The van der Waals surface area contributed by atoms with Crippen LogP contribution >= 0.6 is 0 Å². The topological polar surface area (TPSA) is 0 Å². The summed E-state index contributed by atoms with van der Waals surface area (Å²) in [5.74, 6) is 22.5. The minimum Gasteiger partial charge on any atom is -0.0656 e. The van der Waals surface area contributed by atoms with Crippen molar-refractivity contribution in [1.82, 2.24) is 0 Å². The van der Waals surface area contributed by atoms with Gasteiger partial charge in [-0.25, -0.2) is 0 Å². The van der Waals surface area contributed by atoms with Crippen molar-refractivity contribution in [2.45, 2.75) is 136 Å². The molecule has 44 heavy (non-hydrogen) atoms. The summed E-state index contributed by atoms with van der Waals surface area (Å²) in [5, 5.41) is 0. The fourth-order valence-electron chi connectivity index (χ4n) is 15.1. The average Bonchev–Trinajstić information content (AvgIpc) is 3.59. The molecule has 0 aliphatic heterocycles. The third-order valence-corrected chi connectivity index (χ3v) is 19.0. The van der Waals surface area contributed by atoms with Crippen LogP contribution in [0.5, 0.6) is 0 Å². The molecule has 6 aliphatic carbocycles. The van der Waals surface area contributed by atoms with Gasteiger partial charge in [0.1, 0.15) is 0 Å². The van der Waals surface area contributed by atoms with Crippen molar-refractivity contribution in [2.24, 2.45) is 142 Å². The zero-order valence-electron chi connectivity index (χ0n) is 32.7. The van der Waals surface area contributed by atoms with Crippen LogP contribution in [0.2, 0.25) is 0 Å². The summed E-state index contributed by atoms with van der Waals surface area (Å²) in [6.07, 6.45) is 5.96. The predicted molar refractivity (Wildman–Crippen MR) is 193 cm³/mol. The van der Waals surface area contributed by atoms with Crippen molar-refractivity contribution >= 4 is 0 Å². The van der Waals surface area contributed by atoms with Gasteiger partial charge in [0.15, 0.2) is 0 Å². The molecule has 0 heterocycles. The van der Waals surface area contributed by atoms with Crippen molar-refractivity contribution in [1.29, 1.82) is 0 Å². The molecular weight excluding hydrogens is 528 g/mol. The van der Waals surface area contributed by atoms with E-state index in [4.69, 9.17) is 0 Å². The number of rotatable bonds is 2. The molecule has 0 heteroatoms. The molecule has 256 valence electrons. The molecule has 6 saturated carbocycles. The van der Waals surface area contributed by atoms with Gasteiger partial charge in [0.25, 0.3) is 0 Å². The van der Waals surface area contributed by atoms with E-state index in [9.17, 15) is 0 Å². The fourth-order valence-corrected chi connectivity index (χ4v) is 15.1. The molecule has 24 unspecified atom stereocenters. The molecule has 24 atom stereocenters. The van der Waals surface area contributed by atoms with Crippen molar-refractivity contribution in [3.8, 4) is 0 Å². The number of fused-ring (bicyclic) bond motifs is 6. The fraction of sp³-hybridized carbons (Fsp3) is 1.00. The molecule has 6 rings (SSSR count). The van der Waals surface area contributed by atoms with E-state index in [-0.39, 0.29) is 0 Å². The lowest BCUT2D eigenvalue weighted by Gasteiger charge is -2.55. The van der Waals surface area contributed by atoms with Gasteiger partial charge in [0.2, 0.25) is 0 Å². The Morgan fingerprint density at radius 2 is 0.523 bits per heavy atom. The van der Waals surface area contributed by atoms with Crippen LogP contribution < -0.4 is 0 Å². The van der Waals surface area contributed by atoms with Crippen LogP contribution in [0.4, 0.5) is 0 Å². The molecule has 6 aliphatic rings. The highest BCUT2D eigenvalue weighted by Gasteiger charge is 2.62. The van der Waals surface area contributed by atoms with E-state index in [0.29, 0.717) is 0 Å². The quantitative estimate of drug-likeness (QED) is 0.292. The molecule has 0 bridgehead atoms. The largest absolute Gasteiger partial charge is 0.0656 e. The second-order valence-electron chi connectivity index (χ2n) is 19.7. The van der Waals surface area contributed by atoms with Crippen LogP contribution in [-0.4, -0.2) is 0 Å². The third-order valence-electron chi connectivity index (χ3n) is 19.0. The second-order valence-corrected chi connectivity index (χ2v) is 19.7. The molecule has 0 saturated heterocycles. The zero-order chi connectivity index (χ0) is 32.7. The van der Waals surface area contributed by atoms with Gasteiger partial charge in [0, 0.05) is 0 Å². The first-order valence-electron chi connectivity index (χ1n) is 20.6. The summed E-state index contributed by atoms with van der Waals surface area (Å²) in [6.45, 7) is 41.6. The van der Waals surface area contributed by atoms with Crippen LogP contribution in [0.3, 0.4) is 0 Å². The summed E-state index contributed by atoms with van der Waals surface area (Å²) in [4.78, 5) is 0. The SMILES string of the molecule is CC1C(C)C(C)C2C(CC3C(CC4C(C)C(C)C(C)C5C4CC4C(C)C(C)C(C)C(C)C45)C(C)C(C)C(C)C32)C1C.CCC. The Morgan fingerprint density at radius 1 is 0.295 bits per heavy atom. The summed E-state index contributed by atoms with van der Waals surface area (Å²) < 4.78 is 0. The van der Waals surface area contributed by atoms with E-state index in [1.54, 1.807) is 19.3 Å². The van der Waals surface area contributed by atoms with Crippen molar-refractivity contribution < 1.29 is 0 Å². The monoisotopic (exact) mass is 609 g/mol. The highest BCUT2D eigenvalue weighted by Crippen LogP contribution is 2.68. The average molecular weight is 609 g/mol. The molecule has 0 aromatic carbocycles.